The van der Waals surface area contributed by atoms with Crippen molar-refractivity contribution < 1.29 is 23.9 Å². The van der Waals surface area contributed by atoms with Gasteiger partial charge in [-0.05, 0) is 24.6 Å². The molecule has 2 aromatic rings. The predicted molar refractivity (Wildman–Crippen MR) is 98.6 cm³/mol. The number of amides is 1. The van der Waals surface area contributed by atoms with Gasteiger partial charge in [0.15, 0.2) is 6.61 Å². The van der Waals surface area contributed by atoms with Gasteiger partial charge < -0.3 is 14.2 Å². The second kappa shape index (κ2) is 9.18. The summed E-state index contributed by atoms with van der Waals surface area (Å²) in [7, 11) is 2.73. The Labute approximate surface area is 155 Å². The maximum atomic E-state index is 11.8. The van der Waals surface area contributed by atoms with Gasteiger partial charge in [0, 0.05) is 17.7 Å². The molecule has 0 spiro atoms. The first kappa shape index (κ1) is 19.7. The zero-order valence-electron chi connectivity index (χ0n) is 15.1. The Morgan fingerprint density at radius 1 is 1.22 bits per heavy atom. The first-order valence-electron chi connectivity index (χ1n) is 7.86. The highest BCUT2D eigenvalue weighted by molar-refractivity contribution is 5.87. The van der Waals surface area contributed by atoms with Crippen molar-refractivity contribution in [3.8, 4) is 17.2 Å². The minimum atomic E-state index is -0.579. The number of nitrogens with zero attached hydrogens (tertiary/aromatic N) is 2. The first-order chi connectivity index (χ1) is 12.9. The quantitative estimate of drug-likeness (QED) is 0.432. The molecule has 2 aromatic carbocycles. The summed E-state index contributed by atoms with van der Waals surface area (Å²) in [4.78, 5) is 22.3. The van der Waals surface area contributed by atoms with Gasteiger partial charge in [-0.25, -0.2) is 5.43 Å². The second-order valence-electron chi connectivity index (χ2n) is 5.42. The zero-order chi connectivity index (χ0) is 19.8. The third kappa shape index (κ3) is 5.43. The van der Waals surface area contributed by atoms with Crippen LogP contribution in [0.25, 0.3) is 0 Å². The molecule has 0 bridgehead atoms. The standard InChI is InChI=1S/C18H19N3O6/c1-12-5-4-6-14(7-12)27-11-18(22)20-19-10-13-8-15(21(23)24)17(26-3)9-16(13)25-2/h4-10H,11H2,1-3H3,(H,20,22)/b19-10-. The van der Waals surface area contributed by atoms with Crippen LogP contribution in [0.2, 0.25) is 0 Å². The van der Waals surface area contributed by atoms with Crippen LogP contribution in [-0.2, 0) is 4.79 Å². The van der Waals surface area contributed by atoms with Gasteiger partial charge in [0.25, 0.3) is 5.91 Å². The topological polar surface area (TPSA) is 112 Å². The van der Waals surface area contributed by atoms with Gasteiger partial charge >= 0.3 is 5.69 Å². The minimum Gasteiger partial charge on any atom is -0.496 e. The van der Waals surface area contributed by atoms with E-state index in [1.165, 1.54) is 32.6 Å². The molecule has 27 heavy (non-hydrogen) atoms. The molecule has 0 saturated heterocycles. The lowest BCUT2D eigenvalue weighted by Gasteiger charge is -2.08. The molecule has 0 heterocycles. The van der Waals surface area contributed by atoms with Gasteiger partial charge in [-0.15, -0.1) is 0 Å². The van der Waals surface area contributed by atoms with Crippen molar-refractivity contribution >= 4 is 17.8 Å². The average Bonchev–Trinajstić information content (AvgIpc) is 2.65. The Balaban J connectivity index is 2.03. The van der Waals surface area contributed by atoms with Crippen molar-refractivity contribution in [2.75, 3.05) is 20.8 Å². The van der Waals surface area contributed by atoms with E-state index in [-0.39, 0.29) is 18.0 Å². The molecule has 0 aliphatic heterocycles. The third-order valence-electron chi connectivity index (χ3n) is 3.48. The van der Waals surface area contributed by atoms with E-state index in [9.17, 15) is 14.9 Å². The number of carbonyl (C=O) groups is 1. The second-order valence-corrected chi connectivity index (χ2v) is 5.42. The van der Waals surface area contributed by atoms with E-state index in [2.05, 4.69) is 10.5 Å². The Morgan fingerprint density at radius 3 is 2.59 bits per heavy atom. The Hall–Kier alpha value is -3.62. The summed E-state index contributed by atoms with van der Waals surface area (Å²) in [5, 5.41) is 14.9. The molecule has 0 unspecified atom stereocenters. The molecule has 1 N–H and O–H groups in total. The molecule has 1 amide bonds. The van der Waals surface area contributed by atoms with Crippen molar-refractivity contribution in [3.05, 3.63) is 57.6 Å². The summed E-state index contributed by atoms with van der Waals surface area (Å²) in [6, 6.07) is 9.91. The number of hydrogen-bond donors (Lipinski definition) is 1. The Morgan fingerprint density at radius 2 is 1.96 bits per heavy atom. The van der Waals surface area contributed by atoms with Crippen LogP contribution in [0.5, 0.6) is 17.2 Å². The average molecular weight is 373 g/mol. The van der Waals surface area contributed by atoms with E-state index in [4.69, 9.17) is 14.2 Å². The summed E-state index contributed by atoms with van der Waals surface area (Å²) in [5.41, 5.74) is 3.37. The van der Waals surface area contributed by atoms with Crippen LogP contribution in [0.4, 0.5) is 5.69 Å². The SMILES string of the molecule is COc1cc(OC)c([N+](=O)[O-])cc1/C=N\NC(=O)COc1cccc(C)c1. The molecule has 0 aliphatic carbocycles. The summed E-state index contributed by atoms with van der Waals surface area (Å²) < 4.78 is 15.5. The minimum absolute atomic E-state index is 0.0598. The number of hydrogen-bond acceptors (Lipinski definition) is 7. The van der Waals surface area contributed by atoms with Crippen LogP contribution in [0.15, 0.2) is 41.5 Å². The molecule has 0 aromatic heterocycles. The van der Waals surface area contributed by atoms with E-state index >= 15 is 0 Å². The van der Waals surface area contributed by atoms with Gasteiger partial charge in [0.1, 0.15) is 11.5 Å². The fourth-order valence-corrected chi connectivity index (χ4v) is 2.21. The van der Waals surface area contributed by atoms with Crippen molar-refractivity contribution in [2.24, 2.45) is 5.10 Å². The van der Waals surface area contributed by atoms with Crippen molar-refractivity contribution in [2.45, 2.75) is 6.92 Å². The van der Waals surface area contributed by atoms with Crippen molar-refractivity contribution in [1.29, 1.82) is 0 Å². The number of carbonyl (C=O) groups excluding carboxylic acids is 1. The van der Waals surface area contributed by atoms with Gasteiger partial charge in [0.05, 0.1) is 25.4 Å². The molecular formula is C18H19N3O6. The number of nitro groups is 1. The number of hydrazone groups is 1. The molecule has 0 atom stereocenters. The normalized spacial score (nSPS) is 10.5. The molecule has 0 aliphatic rings. The van der Waals surface area contributed by atoms with E-state index in [1.54, 1.807) is 12.1 Å². The highest BCUT2D eigenvalue weighted by atomic mass is 16.6. The number of methoxy groups -OCH3 is 2. The van der Waals surface area contributed by atoms with Gasteiger partial charge in [-0.3, -0.25) is 14.9 Å². The molecule has 9 heteroatoms. The lowest BCUT2D eigenvalue weighted by atomic mass is 10.1. The predicted octanol–water partition coefficient (Wildman–Crippen LogP) is 2.45. The highest BCUT2D eigenvalue weighted by Crippen LogP contribution is 2.33. The fourth-order valence-electron chi connectivity index (χ4n) is 2.21. The first-order valence-corrected chi connectivity index (χ1v) is 7.86. The molecule has 0 radical (unpaired) electrons. The monoisotopic (exact) mass is 373 g/mol. The summed E-state index contributed by atoms with van der Waals surface area (Å²) >= 11 is 0. The van der Waals surface area contributed by atoms with E-state index < -0.39 is 10.8 Å². The Kier molecular flexibility index (Phi) is 6.70. The maximum Gasteiger partial charge on any atom is 0.311 e. The number of benzene rings is 2. The van der Waals surface area contributed by atoms with Gasteiger partial charge in [0.2, 0.25) is 5.75 Å². The van der Waals surface area contributed by atoms with Crippen LogP contribution >= 0.6 is 0 Å². The number of nitrogens with one attached hydrogen (secondary N) is 1. The summed E-state index contributed by atoms with van der Waals surface area (Å²) in [5.74, 6) is 0.465. The van der Waals surface area contributed by atoms with Crippen LogP contribution in [0.1, 0.15) is 11.1 Å². The van der Waals surface area contributed by atoms with E-state index in [0.29, 0.717) is 17.1 Å². The highest BCUT2D eigenvalue weighted by Gasteiger charge is 2.18. The lowest BCUT2D eigenvalue weighted by Crippen LogP contribution is -2.24. The Bertz CT molecular complexity index is 866. The van der Waals surface area contributed by atoms with Crippen molar-refractivity contribution in [3.63, 3.8) is 0 Å². The smallest absolute Gasteiger partial charge is 0.311 e. The number of rotatable bonds is 8. The third-order valence-corrected chi connectivity index (χ3v) is 3.48. The molecule has 2 rings (SSSR count). The van der Waals surface area contributed by atoms with Gasteiger partial charge in [-0.2, -0.15) is 5.10 Å². The van der Waals surface area contributed by atoms with Crippen molar-refractivity contribution in [1.82, 2.24) is 5.43 Å². The zero-order valence-corrected chi connectivity index (χ0v) is 15.1. The molecule has 9 nitrogen and oxygen atoms in total. The molecule has 0 saturated carbocycles. The fraction of sp³-hybridized carbons (Fsp3) is 0.222. The molecule has 142 valence electrons. The number of aryl methyl sites for hydroxylation is 1. The van der Waals surface area contributed by atoms with E-state index in [0.717, 1.165) is 5.56 Å². The maximum absolute atomic E-state index is 11.8. The van der Waals surface area contributed by atoms with Gasteiger partial charge in [-0.1, -0.05) is 12.1 Å². The van der Waals surface area contributed by atoms with Crippen LogP contribution < -0.4 is 19.6 Å². The van der Waals surface area contributed by atoms with Crippen LogP contribution in [0.3, 0.4) is 0 Å². The number of nitro benzene ring substituents is 1. The summed E-state index contributed by atoms with van der Waals surface area (Å²) in [6.45, 7) is 1.69. The lowest BCUT2D eigenvalue weighted by molar-refractivity contribution is -0.385. The summed E-state index contributed by atoms with van der Waals surface area (Å²) in [6.07, 6.45) is 1.25. The van der Waals surface area contributed by atoms with Crippen LogP contribution in [0, 0.1) is 17.0 Å². The number of ether oxygens (including phenoxy) is 3. The van der Waals surface area contributed by atoms with E-state index in [1.807, 2.05) is 19.1 Å². The molecular weight excluding hydrogens is 354 g/mol. The molecule has 0 fully saturated rings. The largest absolute Gasteiger partial charge is 0.496 e. The van der Waals surface area contributed by atoms with Crippen LogP contribution in [-0.4, -0.2) is 37.9 Å².